The SMILES string of the molecule is CC(C)[C@@H](NC(=O)Cc1csc(-c2ccc(Cl)cc2Cl)n1)C(=O)O. The minimum absolute atomic E-state index is 0.0121. The molecule has 1 atom stereocenters. The molecule has 24 heavy (non-hydrogen) atoms. The highest BCUT2D eigenvalue weighted by Gasteiger charge is 2.23. The van der Waals surface area contributed by atoms with Crippen LogP contribution < -0.4 is 5.32 Å². The van der Waals surface area contributed by atoms with Gasteiger partial charge in [-0.25, -0.2) is 9.78 Å². The van der Waals surface area contributed by atoms with Crippen LogP contribution in [0.15, 0.2) is 23.6 Å². The van der Waals surface area contributed by atoms with E-state index in [0.717, 1.165) is 5.56 Å². The molecule has 0 radical (unpaired) electrons. The number of carboxylic acids is 1. The highest BCUT2D eigenvalue weighted by molar-refractivity contribution is 7.13. The van der Waals surface area contributed by atoms with Gasteiger partial charge in [-0.1, -0.05) is 37.0 Å². The Morgan fingerprint density at radius 1 is 1.33 bits per heavy atom. The van der Waals surface area contributed by atoms with Gasteiger partial charge in [0.25, 0.3) is 0 Å². The number of thiazole rings is 1. The first-order chi connectivity index (χ1) is 11.3. The van der Waals surface area contributed by atoms with Crippen LogP contribution in [0.1, 0.15) is 19.5 Å². The van der Waals surface area contributed by atoms with Crippen LogP contribution in [-0.4, -0.2) is 28.0 Å². The summed E-state index contributed by atoms with van der Waals surface area (Å²) in [5.74, 6) is -1.63. The molecule has 1 amide bonds. The number of nitrogens with zero attached hydrogens (tertiary/aromatic N) is 1. The van der Waals surface area contributed by atoms with Gasteiger partial charge in [0.2, 0.25) is 5.91 Å². The number of nitrogens with one attached hydrogen (secondary N) is 1. The average molecular weight is 387 g/mol. The second-order valence-corrected chi connectivity index (χ2v) is 7.27. The number of aliphatic carboxylic acids is 1. The summed E-state index contributed by atoms with van der Waals surface area (Å²) in [5.41, 5.74) is 1.30. The van der Waals surface area contributed by atoms with E-state index >= 15 is 0 Å². The van der Waals surface area contributed by atoms with E-state index in [2.05, 4.69) is 10.3 Å². The lowest BCUT2D eigenvalue weighted by Gasteiger charge is -2.17. The third-order valence-electron chi connectivity index (χ3n) is 3.30. The molecule has 0 aliphatic rings. The molecule has 5 nitrogen and oxygen atoms in total. The van der Waals surface area contributed by atoms with Crippen molar-refractivity contribution < 1.29 is 14.7 Å². The molecule has 2 aromatic rings. The van der Waals surface area contributed by atoms with Crippen molar-refractivity contribution in [1.82, 2.24) is 10.3 Å². The van der Waals surface area contributed by atoms with Crippen LogP contribution in [0.2, 0.25) is 10.0 Å². The molecule has 1 heterocycles. The van der Waals surface area contributed by atoms with Crippen molar-refractivity contribution in [3.8, 4) is 10.6 Å². The van der Waals surface area contributed by atoms with Crippen LogP contribution in [0.3, 0.4) is 0 Å². The Balaban J connectivity index is 2.08. The number of aromatic nitrogens is 1. The van der Waals surface area contributed by atoms with Crippen molar-refractivity contribution in [1.29, 1.82) is 0 Å². The summed E-state index contributed by atoms with van der Waals surface area (Å²) in [4.78, 5) is 27.6. The van der Waals surface area contributed by atoms with Gasteiger partial charge in [0.05, 0.1) is 17.1 Å². The van der Waals surface area contributed by atoms with Gasteiger partial charge in [0.1, 0.15) is 11.0 Å². The van der Waals surface area contributed by atoms with Crippen molar-refractivity contribution in [2.24, 2.45) is 5.92 Å². The summed E-state index contributed by atoms with van der Waals surface area (Å²) in [6.07, 6.45) is 0.0121. The minimum Gasteiger partial charge on any atom is -0.480 e. The van der Waals surface area contributed by atoms with Gasteiger partial charge >= 0.3 is 5.97 Å². The van der Waals surface area contributed by atoms with E-state index in [9.17, 15) is 9.59 Å². The van der Waals surface area contributed by atoms with Crippen LogP contribution in [0.4, 0.5) is 0 Å². The lowest BCUT2D eigenvalue weighted by molar-refractivity contribution is -0.143. The molecule has 0 bridgehead atoms. The summed E-state index contributed by atoms with van der Waals surface area (Å²) in [6, 6.07) is 4.21. The van der Waals surface area contributed by atoms with Crippen LogP contribution in [0, 0.1) is 5.92 Å². The number of hydrogen-bond donors (Lipinski definition) is 2. The fraction of sp³-hybridized carbons (Fsp3) is 0.312. The van der Waals surface area contributed by atoms with Gasteiger partial charge in [-0.2, -0.15) is 0 Å². The maximum atomic E-state index is 12.0. The fourth-order valence-corrected chi connectivity index (χ4v) is 3.49. The molecule has 0 spiro atoms. The van der Waals surface area contributed by atoms with Crippen LogP contribution >= 0.6 is 34.5 Å². The number of rotatable bonds is 6. The highest BCUT2D eigenvalue weighted by atomic mass is 35.5. The Morgan fingerprint density at radius 3 is 2.62 bits per heavy atom. The summed E-state index contributed by atoms with van der Waals surface area (Å²) < 4.78 is 0. The molecule has 0 saturated carbocycles. The van der Waals surface area contributed by atoms with Crippen LogP contribution in [0.25, 0.3) is 10.6 Å². The quantitative estimate of drug-likeness (QED) is 0.788. The lowest BCUT2D eigenvalue weighted by Crippen LogP contribution is -2.44. The molecule has 0 fully saturated rings. The fourth-order valence-electron chi connectivity index (χ4n) is 2.08. The number of carboxylic acid groups (broad SMARTS) is 1. The van der Waals surface area contributed by atoms with E-state index in [1.807, 2.05) is 0 Å². The van der Waals surface area contributed by atoms with E-state index in [4.69, 9.17) is 28.3 Å². The molecule has 0 unspecified atom stereocenters. The molecular weight excluding hydrogens is 371 g/mol. The average Bonchev–Trinajstić information content (AvgIpc) is 2.92. The Labute approximate surface area is 153 Å². The maximum Gasteiger partial charge on any atom is 0.326 e. The summed E-state index contributed by atoms with van der Waals surface area (Å²) >= 11 is 13.4. The van der Waals surface area contributed by atoms with Crippen molar-refractivity contribution in [3.63, 3.8) is 0 Å². The molecule has 0 aliphatic heterocycles. The highest BCUT2D eigenvalue weighted by Crippen LogP contribution is 2.32. The number of carbonyl (C=O) groups is 2. The third kappa shape index (κ3) is 4.69. The van der Waals surface area contributed by atoms with Gasteiger partial charge in [-0.05, 0) is 24.1 Å². The van der Waals surface area contributed by atoms with Crippen molar-refractivity contribution in [2.75, 3.05) is 0 Å². The normalized spacial score (nSPS) is 12.2. The van der Waals surface area contributed by atoms with Gasteiger partial charge in [-0.3, -0.25) is 4.79 Å². The molecule has 1 aromatic heterocycles. The minimum atomic E-state index is -1.05. The van der Waals surface area contributed by atoms with Crippen molar-refractivity contribution in [3.05, 3.63) is 39.3 Å². The number of hydrogen-bond acceptors (Lipinski definition) is 4. The Kier molecular flexibility index (Phi) is 6.21. The maximum absolute atomic E-state index is 12.0. The first kappa shape index (κ1) is 18.7. The summed E-state index contributed by atoms with van der Waals surface area (Å²) in [7, 11) is 0. The monoisotopic (exact) mass is 386 g/mol. The molecule has 128 valence electrons. The molecule has 1 aromatic carbocycles. The van der Waals surface area contributed by atoms with E-state index in [1.165, 1.54) is 11.3 Å². The van der Waals surface area contributed by atoms with Crippen molar-refractivity contribution >= 4 is 46.4 Å². The predicted molar refractivity (Wildman–Crippen MR) is 95.7 cm³/mol. The first-order valence-electron chi connectivity index (χ1n) is 7.20. The van der Waals surface area contributed by atoms with Crippen LogP contribution in [-0.2, 0) is 16.0 Å². The molecule has 2 N–H and O–H groups in total. The summed E-state index contributed by atoms with van der Waals surface area (Å²) in [5, 5.41) is 15.1. The Hall–Kier alpha value is -1.63. The molecule has 0 aliphatic carbocycles. The predicted octanol–water partition coefficient (Wildman–Crippen LogP) is 3.88. The second-order valence-electron chi connectivity index (χ2n) is 5.57. The van der Waals surface area contributed by atoms with E-state index in [-0.39, 0.29) is 18.2 Å². The second kappa shape index (κ2) is 7.96. The zero-order valence-electron chi connectivity index (χ0n) is 13.0. The van der Waals surface area contributed by atoms with Gasteiger partial charge in [-0.15, -0.1) is 11.3 Å². The lowest BCUT2D eigenvalue weighted by atomic mass is 10.0. The van der Waals surface area contributed by atoms with Gasteiger partial charge in [0, 0.05) is 16.0 Å². The number of carbonyl (C=O) groups excluding carboxylic acids is 1. The zero-order valence-corrected chi connectivity index (χ0v) is 15.4. The van der Waals surface area contributed by atoms with E-state index in [0.29, 0.717) is 20.7 Å². The third-order valence-corrected chi connectivity index (χ3v) is 4.78. The molecule has 8 heteroatoms. The smallest absolute Gasteiger partial charge is 0.326 e. The first-order valence-corrected chi connectivity index (χ1v) is 8.83. The summed E-state index contributed by atoms with van der Waals surface area (Å²) in [6.45, 7) is 3.48. The van der Waals surface area contributed by atoms with E-state index < -0.39 is 12.0 Å². The molecule has 2 rings (SSSR count). The number of amides is 1. The van der Waals surface area contributed by atoms with E-state index in [1.54, 1.807) is 37.4 Å². The van der Waals surface area contributed by atoms with Gasteiger partial charge < -0.3 is 10.4 Å². The standard InChI is InChI=1S/C16H16Cl2N2O3S/c1-8(2)14(16(22)23)20-13(21)6-10-7-24-15(19-10)11-4-3-9(17)5-12(11)18/h3-5,7-8,14H,6H2,1-2H3,(H,20,21)(H,22,23)/t14-/m1/s1. The molecular formula is C16H16Cl2N2O3S. The van der Waals surface area contributed by atoms with Crippen molar-refractivity contribution in [2.45, 2.75) is 26.3 Å². The van der Waals surface area contributed by atoms with Gasteiger partial charge in [0.15, 0.2) is 0 Å². The Morgan fingerprint density at radius 2 is 2.04 bits per heavy atom. The largest absolute Gasteiger partial charge is 0.480 e. The molecule has 0 saturated heterocycles. The Bertz CT molecular complexity index is 762. The number of benzene rings is 1. The number of halogens is 2. The zero-order chi connectivity index (χ0) is 17.9. The topological polar surface area (TPSA) is 79.3 Å². The van der Waals surface area contributed by atoms with Crippen LogP contribution in [0.5, 0.6) is 0 Å².